The summed E-state index contributed by atoms with van der Waals surface area (Å²) in [5.41, 5.74) is 3.17. The Kier molecular flexibility index (Phi) is 6.32. The molecule has 4 aromatic rings. The lowest BCUT2D eigenvalue weighted by Crippen LogP contribution is -2.17. The smallest absolute Gasteiger partial charge is 0.234 e. The zero-order valence-electron chi connectivity index (χ0n) is 19.5. The number of methoxy groups -OCH3 is 1. The molecule has 0 unspecified atom stereocenters. The van der Waals surface area contributed by atoms with Crippen molar-refractivity contribution in [3.8, 4) is 39.9 Å². The Bertz CT molecular complexity index is 1380. The highest BCUT2D eigenvalue weighted by atomic mass is 32.2. The van der Waals surface area contributed by atoms with Crippen LogP contribution in [0.1, 0.15) is 0 Å². The first-order valence-corrected chi connectivity index (χ1v) is 11.9. The second kappa shape index (κ2) is 9.71. The Balaban J connectivity index is 1.30. The van der Waals surface area contributed by atoms with Gasteiger partial charge in [-0.2, -0.15) is 5.10 Å². The van der Waals surface area contributed by atoms with E-state index in [1.807, 2.05) is 49.1 Å². The van der Waals surface area contributed by atoms with Crippen LogP contribution >= 0.6 is 11.8 Å². The first-order chi connectivity index (χ1) is 17.0. The lowest BCUT2D eigenvalue weighted by atomic mass is 10.1. The maximum atomic E-state index is 12.6. The second-order valence-corrected chi connectivity index (χ2v) is 8.80. The lowest BCUT2D eigenvalue weighted by Gasteiger charge is -2.18. The van der Waals surface area contributed by atoms with Crippen molar-refractivity contribution < 1.29 is 19.0 Å². The number of ether oxygens (including phenoxy) is 3. The average Bonchev–Trinajstić information content (AvgIpc) is 3.44. The van der Waals surface area contributed by atoms with Crippen molar-refractivity contribution in [2.75, 3.05) is 31.4 Å². The Labute approximate surface area is 206 Å². The summed E-state index contributed by atoms with van der Waals surface area (Å²) in [7, 11) is 5.37. The van der Waals surface area contributed by atoms with Gasteiger partial charge in [0, 0.05) is 37.6 Å². The molecule has 180 valence electrons. The van der Waals surface area contributed by atoms with Gasteiger partial charge in [-0.1, -0.05) is 23.9 Å². The number of aryl methyl sites for hydroxylation is 1. The molecule has 35 heavy (non-hydrogen) atoms. The minimum atomic E-state index is -0.158. The zero-order valence-corrected chi connectivity index (χ0v) is 20.3. The van der Waals surface area contributed by atoms with Gasteiger partial charge in [0.1, 0.15) is 24.7 Å². The predicted octanol–water partition coefficient (Wildman–Crippen LogP) is 3.39. The third-order valence-corrected chi connectivity index (χ3v) is 6.43. The number of rotatable bonds is 7. The first kappa shape index (κ1) is 22.8. The van der Waals surface area contributed by atoms with E-state index in [9.17, 15) is 4.79 Å². The summed E-state index contributed by atoms with van der Waals surface area (Å²) in [4.78, 5) is 12.6. The van der Waals surface area contributed by atoms with E-state index in [2.05, 4.69) is 20.6 Å². The highest BCUT2D eigenvalue weighted by molar-refractivity contribution is 7.99. The van der Waals surface area contributed by atoms with Crippen molar-refractivity contribution in [2.45, 2.75) is 5.16 Å². The molecule has 1 aliphatic rings. The van der Waals surface area contributed by atoms with Gasteiger partial charge in [0.25, 0.3) is 0 Å². The average molecular weight is 493 g/mol. The van der Waals surface area contributed by atoms with Gasteiger partial charge in [-0.15, -0.1) is 10.2 Å². The number of thioether (sulfide) groups is 1. The Hall–Kier alpha value is -3.99. The van der Waals surface area contributed by atoms with Crippen LogP contribution in [0.3, 0.4) is 0 Å². The van der Waals surface area contributed by atoms with Crippen LogP contribution in [-0.2, 0) is 18.9 Å². The molecule has 0 fully saturated rings. The second-order valence-electron chi connectivity index (χ2n) is 7.86. The van der Waals surface area contributed by atoms with E-state index in [0.29, 0.717) is 41.4 Å². The summed E-state index contributed by atoms with van der Waals surface area (Å²) in [5.74, 6) is 2.73. The number of nitrogens with zero attached hydrogens (tertiary/aromatic N) is 5. The van der Waals surface area contributed by atoms with Crippen molar-refractivity contribution >= 4 is 23.4 Å². The van der Waals surface area contributed by atoms with Crippen LogP contribution in [0.15, 0.2) is 53.8 Å². The standard InChI is InChI=1S/C24H24N6O4S/c1-29-13-18(22(28-29)15-5-4-6-17(11-15)32-3)23-26-27-24(30(23)2)35-14-21(31)25-16-7-8-19-20(12-16)34-10-9-33-19/h4-8,11-13H,9-10,14H2,1-3H3,(H,25,31). The van der Waals surface area contributed by atoms with Crippen molar-refractivity contribution in [3.05, 3.63) is 48.7 Å². The molecule has 0 aliphatic carbocycles. The molecule has 0 bridgehead atoms. The molecule has 0 saturated carbocycles. The van der Waals surface area contributed by atoms with Gasteiger partial charge in [0.15, 0.2) is 22.5 Å². The van der Waals surface area contributed by atoms with Crippen LogP contribution in [0.5, 0.6) is 17.2 Å². The predicted molar refractivity (Wildman–Crippen MR) is 132 cm³/mol. The molecule has 0 radical (unpaired) electrons. The fraction of sp³-hybridized carbons (Fsp3) is 0.250. The van der Waals surface area contributed by atoms with E-state index < -0.39 is 0 Å². The van der Waals surface area contributed by atoms with E-state index in [1.165, 1.54) is 11.8 Å². The van der Waals surface area contributed by atoms with Crippen LogP contribution < -0.4 is 19.5 Å². The Morgan fingerprint density at radius 2 is 1.94 bits per heavy atom. The van der Waals surface area contributed by atoms with Crippen LogP contribution in [0, 0.1) is 0 Å². The Morgan fingerprint density at radius 3 is 2.77 bits per heavy atom. The van der Waals surface area contributed by atoms with Gasteiger partial charge >= 0.3 is 0 Å². The van der Waals surface area contributed by atoms with Crippen molar-refractivity contribution in [3.63, 3.8) is 0 Å². The summed E-state index contributed by atoms with van der Waals surface area (Å²) < 4.78 is 20.1. The number of benzene rings is 2. The van der Waals surface area contributed by atoms with Crippen molar-refractivity contribution in [1.82, 2.24) is 24.5 Å². The number of hydrogen-bond acceptors (Lipinski definition) is 8. The minimum Gasteiger partial charge on any atom is -0.497 e. The number of carbonyl (C=O) groups is 1. The normalized spacial score (nSPS) is 12.4. The number of hydrogen-bond donors (Lipinski definition) is 1. The number of aromatic nitrogens is 5. The topological polar surface area (TPSA) is 105 Å². The molecule has 11 heteroatoms. The minimum absolute atomic E-state index is 0.158. The summed E-state index contributed by atoms with van der Waals surface area (Å²) in [5, 5.41) is 16.8. The van der Waals surface area contributed by atoms with Crippen LogP contribution in [0.25, 0.3) is 22.6 Å². The summed E-state index contributed by atoms with van der Waals surface area (Å²) in [6.45, 7) is 1.01. The molecular formula is C24H24N6O4S. The summed E-state index contributed by atoms with van der Waals surface area (Å²) in [6.07, 6.45) is 1.90. The van der Waals surface area contributed by atoms with Crippen molar-refractivity contribution in [1.29, 1.82) is 0 Å². The summed E-state index contributed by atoms with van der Waals surface area (Å²) >= 11 is 1.31. The Morgan fingerprint density at radius 1 is 1.11 bits per heavy atom. The maximum Gasteiger partial charge on any atom is 0.234 e. The fourth-order valence-electron chi connectivity index (χ4n) is 3.76. The van der Waals surface area contributed by atoms with E-state index >= 15 is 0 Å². The zero-order chi connectivity index (χ0) is 24.4. The highest BCUT2D eigenvalue weighted by Crippen LogP contribution is 2.34. The molecule has 0 spiro atoms. The maximum absolute atomic E-state index is 12.6. The third kappa shape index (κ3) is 4.80. The molecule has 2 aromatic carbocycles. The molecule has 1 amide bonds. The summed E-state index contributed by atoms with van der Waals surface area (Å²) in [6, 6.07) is 13.1. The monoisotopic (exact) mass is 492 g/mol. The number of fused-ring (bicyclic) bond motifs is 1. The molecule has 3 heterocycles. The number of anilines is 1. The van der Waals surface area contributed by atoms with Gasteiger partial charge in [-0.3, -0.25) is 9.48 Å². The molecule has 10 nitrogen and oxygen atoms in total. The number of amides is 1. The molecule has 1 aliphatic heterocycles. The van der Waals surface area contributed by atoms with Gasteiger partial charge in [0.2, 0.25) is 5.91 Å². The van der Waals surface area contributed by atoms with Gasteiger partial charge in [-0.05, 0) is 24.3 Å². The molecule has 2 aromatic heterocycles. The van der Waals surface area contributed by atoms with Crippen LogP contribution in [0.2, 0.25) is 0 Å². The highest BCUT2D eigenvalue weighted by Gasteiger charge is 2.20. The SMILES string of the molecule is COc1cccc(-c2nn(C)cc2-c2nnc(SCC(=O)Nc3ccc4c(c3)OCCO4)n2C)c1. The molecule has 5 rings (SSSR count). The number of carbonyl (C=O) groups excluding carboxylic acids is 1. The van der Waals surface area contributed by atoms with Crippen LogP contribution in [-0.4, -0.2) is 56.5 Å². The van der Waals surface area contributed by atoms with E-state index in [1.54, 1.807) is 30.0 Å². The van der Waals surface area contributed by atoms with Crippen molar-refractivity contribution in [2.24, 2.45) is 14.1 Å². The van der Waals surface area contributed by atoms with Gasteiger partial charge in [0.05, 0.1) is 18.4 Å². The van der Waals surface area contributed by atoms with E-state index in [0.717, 1.165) is 22.6 Å². The molecule has 0 saturated heterocycles. The molecular weight excluding hydrogens is 468 g/mol. The fourth-order valence-corrected chi connectivity index (χ4v) is 4.47. The largest absolute Gasteiger partial charge is 0.497 e. The first-order valence-electron chi connectivity index (χ1n) is 10.9. The lowest BCUT2D eigenvalue weighted by molar-refractivity contribution is -0.113. The number of nitrogens with one attached hydrogen (secondary N) is 1. The molecule has 0 atom stereocenters. The van der Waals surface area contributed by atoms with E-state index in [-0.39, 0.29) is 11.7 Å². The van der Waals surface area contributed by atoms with Gasteiger partial charge < -0.3 is 24.1 Å². The van der Waals surface area contributed by atoms with E-state index in [4.69, 9.17) is 14.2 Å². The van der Waals surface area contributed by atoms with Crippen LogP contribution in [0.4, 0.5) is 5.69 Å². The van der Waals surface area contributed by atoms with Gasteiger partial charge in [-0.25, -0.2) is 0 Å². The molecule has 1 N–H and O–H groups in total. The quantitative estimate of drug-likeness (QED) is 0.392. The third-order valence-electron chi connectivity index (χ3n) is 5.41.